The van der Waals surface area contributed by atoms with Gasteiger partial charge in [0, 0.05) is 41.7 Å². The highest BCUT2D eigenvalue weighted by Crippen LogP contribution is 2.36. The van der Waals surface area contributed by atoms with Crippen LogP contribution in [0.25, 0.3) is 22.5 Å². The van der Waals surface area contributed by atoms with Gasteiger partial charge in [-0.2, -0.15) is 5.26 Å². The number of hydrogen-bond donors (Lipinski definition) is 3. The molecule has 0 radical (unpaired) electrons. The summed E-state index contributed by atoms with van der Waals surface area (Å²) in [5, 5.41) is 13.6. The van der Waals surface area contributed by atoms with Crippen molar-refractivity contribution in [3.8, 4) is 17.5 Å². The SMILES string of the molecule is CC(=O)c1coc(-c2cnc3[nH]ccc3c2N[C@H]2C[C@@H](NSc3cccc(C#N)c3)C2)n1. The standard InChI is InChI=1S/C23H20N6O2S/c1-13(30)20-12-31-23(28-20)19-11-26-22-18(5-6-25-22)21(19)27-15-8-16(9-15)29-32-17-4-2-3-14(7-17)10-24/h2-7,11-12,15-16,29H,8-9H2,1H3,(H2,25,26,27)/t15-,16+. The number of fused-ring (bicyclic) bond motifs is 1. The predicted octanol–water partition coefficient (Wildman–Crippen LogP) is 4.53. The lowest BCUT2D eigenvalue weighted by Crippen LogP contribution is -2.45. The van der Waals surface area contributed by atoms with E-state index in [1.54, 1.807) is 24.2 Å². The lowest BCUT2D eigenvalue weighted by molar-refractivity contribution is 0.101. The van der Waals surface area contributed by atoms with Crippen molar-refractivity contribution in [1.82, 2.24) is 19.7 Å². The maximum Gasteiger partial charge on any atom is 0.230 e. The number of anilines is 1. The molecule has 1 fully saturated rings. The molecule has 1 saturated carbocycles. The number of H-pyrrole nitrogens is 1. The Balaban J connectivity index is 1.29. The molecule has 5 rings (SSSR count). The fourth-order valence-electron chi connectivity index (χ4n) is 3.70. The molecule has 1 aliphatic carbocycles. The van der Waals surface area contributed by atoms with E-state index in [2.05, 4.69) is 31.1 Å². The highest BCUT2D eigenvalue weighted by atomic mass is 32.2. The Bertz CT molecular complexity index is 1330. The molecule has 0 aliphatic heterocycles. The van der Waals surface area contributed by atoms with Gasteiger partial charge >= 0.3 is 0 Å². The fraction of sp³-hybridized carbons (Fsp3) is 0.217. The third-order valence-corrected chi connectivity index (χ3v) is 6.42. The summed E-state index contributed by atoms with van der Waals surface area (Å²) in [5.41, 5.74) is 3.35. The van der Waals surface area contributed by atoms with Crippen LogP contribution in [0.4, 0.5) is 5.69 Å². The molecular formula is C23H20N6O2S. The van der Waals surface area contributed by atoms with Crippen LogP contribution in [0.3, 0.4) is 0 Å². The first kappa shape index (κ1) is 20.3. The number of Topliss-reactive ketones (excluding diaryl/α,β-unsaturated/α-hetero) is 1. The summed E-state index contributed by atoms with van der Waals surface area (Å²) in [6.07, 6.45) is 6.83. The van der Waals surface area contributed by atoms with E-state index < -0.39 is 0 Å². The number of ketones is 1. The normalized spacial score (nSPS) is 17.6. The molecular weight excluding hydrogens is 424 g/mol. The fourth-order valence-corrected chi connectivity index (χ4v) is 4.53. The summed E-state index contributed by atoms with van der Waals surface area (Å²) in [5.74, 6) is 0.228. The van der Waals surface area contributed by atoms with Crippen LogP contribution < -0.4 is 10.0 Å². The van der Waals surface area contributed by atoms with Crippen LogP contribution in [0.1, 0.15) is 35.8 Å². The van der Waals surface area contributed by atoms with Gasteiger partial charge in [-0.1, -0.05) is 6.07 Å². The van der Waals surface area contributed by atoms with E-state index in [-0.39, 0.29) is 11.8 Å². The van der Waals surface area contributed by atoms with Crippen molar-refractivity contribution >= 4 is 34.5 Å². The maximum absolute atomic E-state index is 11.6. The first-order chi connectivity index (χ1) is 15.6. The van der Waals surface area contributed by atoms with Crippen molar-refractivity contribution in [3.05, 3.63) is 60.2 Å². The van der Waals surface area contributed by atoms with Crippen molar-refractivity contribution in [2.24, 2.45) is 0 Å². The number of aromatic nitrogens is 3. The van der Waals surface area contributed by atoms with E-state index in [1.165, 1.54) is 13.2 Å². The van der Waals surface area contributed by atoms with Gasteiger partial charge in [0.15, 0.2) is 5.78 Å². The molecule has 0 amide bonds. The number of nitriles is 1. The van der Waals surface area contributed by atoms with Crippen LogP contribution >= 0.6 is 11.9 Å². The van der Waals surface area contributed by atoms with Gasteiger partial charge in [0.05, 0.1) is 22.9 Å². The zero-order valence-corrected chi connectivity index (χ0v) is 18.1. The lowest BCUT2D eigenvalue weighted by Gasteiger charge is -2.37. The lowest BCUT2D eigenvalue weighted by atomic mass is 9.87. The molecule has 1 aromatic carbocycles. The van der Waals surface area contributed by atoms with Crippen LogP contribution in [0.15, 0.2) is 58.3 Å². The molecule has 3 heterocycles. The van der Waals surface area contributed by atoms with E-state index in [0.29, 0.717) is 23.2 Å². The first-order valence-electron chi connectivity index (χ1n) is 10.2. The Labute approximate surface area is 188 Å². The third-order valence-electron chi connectivity index (χ3n) is 5.48. The molecule has 0 unspecified atom stereocenters. The monoisotopic (exact) mass is 444 g/mol. The number of nitrogens with zero attached hydrogens (tertiary/aromatic N) is 3. The first-order valence-corrected chi connectivity index (χ1v) is 11.0. The van der Waals surface area contributed by atoms with Crippen molar-refractivity contribution in [2.75, 3.05) is 5.32 Å². The number of benzene rings is 1. The Kier molecular flexibility index (Phi) is 5.39. The minimum atomic E-state index is -0.143. The summed E-state index contributed by atoms with van der Waals surface area (Å²) in [6.45, 7) is 1.46. The molecule has 0 atom stereocenters. The predicted molar refractivity (Wildman–Crippen MR) is 122 cm³/mol. The summed E-state index contributed by atoms with van der Waals surface area (Å²) in [6, 6.07) is 12.3. The van der Waals surface area contributed by atoms with Gasteiger partial charge in [-0.25, -0.2) is 9.97 Å². The summed E-state index contributed by atoms with van der Waals surface area (Å²) in [4.78, 5) is 24.6. The Morgan fingerprint density at radius 2 is 2.19 bits per heavy atom. The minimum Gasteiger partial charge on any atom is -0.444 e. The zero-order valence-electron chi connectivity index (χ0n) is 17.3. The Hall–Kier alpha value is -3.61. The average Bonchev–Trinajstić information content (AvgIpc) is 3.45. The Morgan fingerprint density at radius 1 is 1.31 bits per heavy atom. The largest absolute Gasteiger partial charge is 0.444 e. The minimum absolute atomic E-state index is 0.143. The summed E-state index contributed by atoms with van der Waals surface area (Å²) in [7, 11) is 0. The van der Waals surface area contributed by atoms with Gasteiger partial charge in [-0.15, -0.1) is 0 Å². The van der Waals surface area contributed by atoms with E-state index in [4.69, 9.17) is 9.68 Å². The number of pyridine rings is 1. The van der Waals surface area contributed by atoms with E-state index >= 15 is 0 Å². The zero-order chi connectivity index (χ0) is 22.1. The quantitative estimate of drug-likeness (QED) is 0.281. The highest BCUT2D eigenvalue weighted by Gasteiger charge is 2.30. The smallest absolute Gasteiger partial charge is 0.230 e. The molecule has 8 nitrogen and oxygen atoms in total. The molecule has 0 spiro atoms. The van der Waals surface area contributed by atoms with Crippen molar-refractivity contribution in [2.45, 2.75) is 36.7 Å². The number of aromatic amines is 1. The molecule has 0 bridgehead atoms. The van der Waals surface area contributed by atoms with Crippen LogP contribution in [-0.4, -0.2) is 32.8 Å². The molecule has 9 heteroatoms. The molecule has 160 valence electrons. The van der Waals surface area contributed by atoms with Crippen LogP contribution in [0.2, 0.25) is 0 Å². The number of rotatable bonds is 7. The molecule has 1 aliphatic rings. The van der Waals surface area contributed by atoms with Gasteiger partial charge in [0.25, 0.3) is 0 Å². The van der Waals surface area contributed by atoms with Crippen molar-refractivity contribution in [3.63, 3.8) is 0 Å². The average molecular weight is 445 g/mol. The summed E-state index contributed by atoms with van der Waals surface area (Å²) < 4.78 is 9.06. The maximum atomic E-state index is 11.6. The topological polar surface area (TPSA) is 120 Å². The van der Waals surface area contributed by atoms with Crippen LogP contribution in [0, 0.1) is 11.3 Å². The van der Waals surface area contributed by atoms with Crippen molar-refractivity contribution < 1.29 is 9.21 Å². The molecule has 3 aromatic heterocycles. The molecule has 32 heavy (non-hydrogen) atoms. The van der Waals surface area contributed by atoms with Gasteiger partial charge in [-0.05, 0) is 49.1 Å². The van der Waals surface area contributed by atoms with Gasteiger partial charge in [0.2, 0.25) is 5.89 Å². The molecule has 4 aromatic rings. The number of oxazole rings is 1. The second kappa shape index (κ2) is 8.49. The van der Waals surface area contributed by atoms with Crippen LogP contribution in [0.5, 0.6) is 0 Å². The molecule has 0 saturated heterocycles. The van der Waals surface area contributed by atoms with Crippen molar-refractivity contribution in [1.29, 1.82) is 5.26 Å². The van der Waals surface area contributed by atoms with E-state index in [9.17, 15) is 4.79 Å². The van der Waals surface area contributed by atoms with Gasteiger partial charge in [0.1, 0.15) is 17.6 Å². The number of carbonyl (C=O) groups excluding carboxylic acids is 1. The Morgan fingerprint density at radius 3 is 2.97 bits per heavy atom. The van der Waals surface area contributed by atoms with Gasteiger partial charge < -0.3 is 14.7 Å². The van der Waals surface area contributed by atoms with Crippen LogP contribution in [-0.2, 0) is 0 Å². The van der Waals surface area contributed by atoms with E-state index in [0.717, 1.165) is 40.0 Å². The number of nitrogens with one attached hydrogen (secondary N) is 3. The van der Waals surface area contributed by atoms with E-state index in [1.807, 2.05) is 30.5 Å². The second-order valence-electron chi connectivity index (χ2n) is 7.75. The highest BCUT2D eigenvalue weighted by molar-refractivity contribution is 7.97. The van der Waals surface area contributed by atoms with Gasteiger partial charge in [-0.3, -0.25) is 9.52 Å². The summed E-state index contributed by atoms with van der Waals surface area (Å²) >= 11 is 1.55. The second-order valence-corrected chi connectivity index (χ2v) is 8.66. The number of hydrogen-bond acceptors (Lipinski definition) is 8. The molecule has 3 N–H and O–H groups in total. The third kappa shape index (κ3) is 3.98. The number of carbonyl (C=O) groups is 1.